The number of benzene rings is 1. The molecule has 0 spiro atoms. The van der Waals surface area contributed by atoms with E-state index in [-0.39, 0.29) is 6.10 Å². The van der Waals surface area contributed by atoms with Crippen LogP contribution in [0.2, 0.25) is 0 Å². The fraction of sp³-hybridized carbons (Fsp3) is 0.385. The molecule has 1 aliphatic rings. The summed E-state index contributed by atoms with van der Waals surface area (Å²) in [4.78, 5) is 16.6. The molecule has 2 rings (SSSR count). The van der Waals surface area contributed by atoms with Crippen LogP contribution in [-0.4, -0.2) is 18.4 Å². The zero-order valence-electron chi connectivity index (χ0n) is 10.5. The minimum atomic E-state index is -0.432. The van der Waals surface area contributed by atoms with Gasteiger partial charge >= 0.3 is 0 Å². The van der Waals surface area contributed by atoms with E-state index in [0.717, 1.165) is 11.1 Å². The molecule has 0 saturated carbocycles. The third-order valence-corrected chi connectivity index (χ3v) is 2.94. The molecule has 1 heterocycles. The molecule has 1 atom stereocenters. The largest absolute Gasteiger partial charge is 0.479 e. The van der Waals surface area contributed by atoms with Gasteiger partial charge in [-0.1, -0.05) is 17.3 Å². The van der Waals surface area contributed by atoms with Gasteiger partial charge in [-0.3, -0.25) is 4.79 Å². The van der Waals surface area contributed by atoms with E-state index in [1.165, 1.54) is 0 Å². The Morgan fingerprint density at radius 2 is 2.39 bits per heavy atom. The molecule has 1 amide bonds. The molecule has 0 bridgehead atoms. The second-order valence-corrected chi connectivity index (χ2v) is 4.10. The molecule has 1 aromatic rings. The second kappa shape index (κ2) is 5.08. The van der Waals surface area contributed by atoms with Crippen molar-refractivity contribution >= 4 is 11.8 Å². The molecule has 0 aromatic heterocycles. The Bertz CT molecular complexity index is 497. The standard InChI is InChI=1S/C13H16N2O3/c1-3-17-12-7-11(18-15-12)9-5-4-6-10(8(9)2)13(14)16/h4-6,11H,3,7H2,1-2H3,(H2,14,16)/t11-/m0/s1. The van der Waals surface area contributed by atoms with Gasteiger partial charge in [0.1, 0.15) is 0 Å². The summed E-state index contributed by atoms with van der Waals surface area (Å²) in [6.45, 7) is 4.32. The lowest BCUT2D eigenvalue weighted by Gasteiger charge is -2.13. The zero-order chi connectivity index (χ0) is 13.1. The van der Waals surface area contributed by atoms with E-state index >= 15 is 0 Å². The summed E-state index contributed by atoms with van der Waals surface area (Å²) in [7, 11) is 0. The Morgan fingerprint density at radius 1 is 1.61 bits per heavy atom. The molecule has 0 saturated heterocycles. The van der Waals surface area contributed by atoms with Crippen LogP contribution in [0.25, 0.3) is 0 Å². The molecule has 2 N–H and O–H groups in total. The van der Waals surface area contributed by atoms with E-state index in [0.29, 0.717) is 24.5 Å². The third kappa shape index (κ3) is 2.30. The van der Waals surface area contributed by atoms with Gasteiger partial charge in [-0.05, 0) is 31.0 Å². The molecule has 96 valence electrons. The highest BCUT2D eigenvalue weighted by Crippen LogP contribution is 2.30. The monoisotopic (exact) mass is 248 g/mol. The Hall–Kier alpha value is -2.04. The normalized spacial score (nSPS) is 18.1. The van der Waals surface area contributed by atoms with Gasteiger partial charge in [0.25, 0.3) is 0 Å². The molecule has 1 aromatic carbocycles. The maximum Gasteiger partial charge on any atom is 0.248 e. The van der Waals surface area contributed by atoms with Gasteiger partial charge in [-0.15, -0.1) is 0 Å². The first kappa shape index (κ1) is 12.4. The van der Waals surface area contributed by atoms with E-state index in [9.17, 15) is 4.79 Å². The molecular formula is C13H16N2O3. The average Bonchev–Trinajstić information content (AvgIpc) is 2.78. The van der Waals surface area contributed by atoms with Crippen molar-refractivity contribution in [2.24, 2.45) is 10.9 Å². The number of oxime groups is 1. The van der Waals surface area contributed by atoms with Crippen LogP contribution in [0, 0.1) is 6.92 Å². The summed E-state index contributed by atoms with van der Waals surface area (Å²) in [6.07, 6.45) is 0.377. The van der Waals surface area contributed by atoms with Crippen molar-refractivity contribution in [3.8, 4) is 0 Å². The van der Waals surface area contributed by atoms with Crippen LogP contribution in [0.4, 0.5) is 0 Å². The Labute approximate surface area is 106 Å². The van der Waals surface area contributed by atoms with Crippen molar-refractivity contribution in [3.05, 3.63) is 34.9 Å². The molecular weight excluding hydrogens is 232 g/mol. The highest BCUT2D eigenvalue weighted by atomic mass is 16.7. The number of hydrogen-bond donors (Lipinski definition) is 1. The summed E-state index contributed by atoms with van der Waals surface area (Å²) in [5.41, 5.74) is 7.60. The average molecular weight is 248 g/mol. The molecule has 5 heteroatoms. The fourth-order valence-corrected chi connectivity index (χ4v) is 2.04. The van der Waals surface area contributed by atoms with Gasteiger partial charge < -0.3 is 15.3 Å². The van der Waals surface area contributed by atoms with Crippen molar-refractivity contribution in [2.45, 2.75) is 26.4 Å². The molecule has 0 unspecified atom stereocenters. The summed E-state index contributed by atoms with van der Waals surface area (Å²) in [5, 5.41) is 3.88. The van der Waals surface area contributed by atoms with Gasteiger partial charge in [-0.25, -0.2) is 0 Å². The number of carbonyl (C=O) groups excluding carboxylic acids is 1. The van der Waals surface area contributed by atoms with Crippen LogP contribution >= 0.6 is 0 Å². The summed E-state index contributed by atoms with van der Waals surface area (Å²) >= 11 is 0. The van der Waals surface area contributed by atoms with Gasteiger partial charge in [0.15, 0.2) is 6.10 Å². The number of carbonyl (C=O) groups is 1. The van der Waals surface area contributed by atoms with Crippen LogP contribution in [0.3, 0.4) is 0 Å². The SMILES string of the molecule is CCOC1=NO[C@H](c2cccc(C(N)=O)c2C)C1. The fourth-order valence-electron chi connectivity index (χ4n) is 2.04. The van der Waals surface area contributed by atoms with Crippen LogP contribution < -0.4 is 5.73 Å². The predicted molar refractivity (Wildman–Crippen MR) is 67.2 cm³/mol. The highest BCUT2D eigenvalue weighted by Gasteiger charge is 2.26. The van der Waals surface area contributed by atoms with Gasteiger partial charge in [0.05, 0.1) is 13.0 Å². The van der Waals surface area contributed by atoms with E-state index in [2.05, 4.69) is 5.16 Å². The van der Waals surface area contributed by atoms with Crippen LogP contribution in [0.15, 0.2) is 23.4 Å². The summed E-state index contributed by atoms with van der Waals surface area (Å²) < 4.78 is 5.31. The lowest BCUT2D eigenvalue weighted by Crippen LogP contribution is -2.14. The molecule has 0 radical (unpaired) electrons. The maximum absolute atomic E-state index is 11.3. The number of amides is 1. The number of hydrogen-bond acceptors (Lipinski definition) is 4. The topological polar surface area (TPSA) is 73.9 Å². The van der Waals surface area contributed by atoms with Gasteiger partial charge in [-0.2, -0.15) is 0 Å². The lowest BCUT2D eigenvalue weighted by atomic mass is 9.96. The summed E-state index contributed by atoms with van der Waals surface area (Å²) in [6, 6.07) is 5.42. The minimum absolute atomic E-state index is 0.203. The third-order valence-electron chi connectivity index (χ3n) is 2.94. The molecule has 0 aliphatic carbocycles. The van der Waals surface area contributed by atoms with Crippen molar-refractivity contribution in [2.75, 3.05) is 6.61 Å². The van der Waals surface area contributed by atoms with Crippen LogP contribution in [-0.2, 0) is 9.57 Å². The van der Waals surface area contributed by atoms with Crippen LogP contribution in [0.5, 0.6) is 0 Å². The first-order valence-electron chi connectivity index (χ1n) is 5.88. The van der Waals surface area contributed by atoms with Crippen molar-refractivity contribution in [1.29, 1.82) is 0 Å². The van der Waals surface area contributed by atoms with E-state index in [4.69, 9.17) is 15.3 Å². The number of nitrogens with two attached hydrogens (primary N) is 1. The quantitative estimate of drug-likeness (QED) is 0.887. The van der Waals surface area contributed by atoms with Crippen molar-refractivity contribution in [3.63, 3.8) is 0 Å². The minimum Gasteiger partial charge on any atom is -0.479 e. The van der Waals surface area contributed by atoms with Gasteiger partial charge in [0, 0.05) is 5.56 Å². The Balaban J connectivity index is 2.21. The number of nitrogens with zero attached hydrogens (tertiary/aromatic N) is 1. The Morgan fingerprint density at radius 3 is 3.06 bits per heavy atom. The Kier molecular flexibility index (Phi) is 3.50. The number of primary amides is 1. The second-order valence-electron chi connectivity index (χ2n) is 4.10. The first-order chi connectivity index (χ1) is 8.63. The molecule has 0 fully saturated rings. The lowest BCUT2D eigenvalue weighted by molar-refractivity contribution is 0.0846. The number of rotatable bonds is 3. The summed E-state index contributed by atoms with van der Waals surface area (Å²) in [5.74, 6) is 0.157. The molecule has 18 heavy (non-hydrogen) atoms. The smallest absolute Gasteiger partial charge is 0.248 e. The highest BCUT2D eigenvalue weighted by molar-refractivity contribution is 5.94. The van der Waals surface area contributed by atoms with Gasteiger partial charge in [0.2, 0.25) is 11.8 Å². The van der Waals surface area contributed by atoms with Crippen LogP contribution in [0.1, 0.15) is 40.9 Å². The number of ether oxygens (including phenoxy) is 1. The maximum atomic E-state index is 11.3. The van der Waals surface area contributed by atoms with Crippen molar-refractivity contribution in [1.82, 2.24) is 0 Å². The van der Waals surface area contributed by atoms with E-state index in [1.807, 2.05) is 19.9 Å². The zero-order valence-corrected chi connectivity index (χ0v) is 10.5. The van der Waals surface area contributed by atoms with E-state index in [1.54, 1.807) is 12.1 Å². The molecule has 5 nitrogen and oxygen atoms in total. The van der Waals surface area contributed by atoms with Crippen molar-refractivity contribution < 1.29 is 14.4 Å². The molecule has 1 aliphatic heterocycles. The van der Waals surface area contributed by atoms with E-state index < -0.39 is 5.91 Å². The predicted octanol–water partition coefficient (Wildman–Crippen LogP) is 1.91. The first-order valence-corrected chi connectivity index (χ1v) is 5.88.